The number of rotatable bonds is 6. The molecule has 128 valence electrons. The van der Waals surface area contributed by atoms with Crippen molar-refractivity contribution in [3.05, 3.63) is 15.9 Å². The summed E-state index contributed by atoms with van der Waals surface area (Å²) in [7, 11) is 0. The van der Waals surface area contributed by atoms with E-state index in [0.29, 0.717) is 0 Å². The maximum atomic E-state index is 12.9. The Morgan fingerprint density at radius 1 is 1.13 bits per heavy atom. The van der Waals surface area contributed by atoms with Gasteiger partial charge in [-0.3, -0.25) is 9.36 Å². The molecule has 0 amide bonds. The summed E-state index contributed by atoms with van der Waals surface area (Å²) in [5, 5.41) is 3.12. The molecule has 0 spiro atoms. The largest absolute Gasteiger partial charge is 0.303 e. The molecule has 0 aromatic carbocycles. The van der Waals surface area contributed by atoms with Crippen molar-refractivity contribution in [1.82, 2.24) is 14.6 Å². The topological polar surface area (TPSA) is 50.2 Å². The first-order valence-electron chi connectivity index (χ1n) is 9.07. The molecule has 0 radical (unpaired) electrons. The van der Waals surface area contributed by atoms with Gasteiger partial charge in [0.2, 0.25) is 0 Å². The van der Waals surface area contributed by atoms with Crippen LogP contribution in [-0.2, 0) is 13.0 Å². The molecule has 6 heteroatoms. The fraction of sp³-hybridized carbons (Fsp3) is 0.765. The highest BCUT2D eigenvalue weighted by atomic mass is 32.2. The highest BCUT2D eigenvalue weighted by molar-refractivity contribution is 7.99. The summed E-state index contributed by atoms with van der Waals surface area (Å²) < 4.78 is 1.89. The van der Waals surface area contributed by atoms with Crippen molar-refractivity contribution in [2.24, 2.45) is 0 Å². The van der Waals surface area contributed by atoms with Gasteiger partial charge in [0.25, 0.3) is 5.56 Å². The first kappa shape index (κ1) is 16.8. The van der Waals surface area contributed by atoms with Crippen molar-refractivity contribution in [1.29, 1.82) is 0 Å². The molecule has 0 saturated carbocycles. The van der Waals surface area contributed by atoms with Gasteiger partial charge in [0.05, 0.1) is 5.56 Å². The number of hydrazine groups is 1. The van der Waals surface area contributed by atoms with Crippen LogP contribution in [0.15, 0.2) is 9.95 Å². The number of thioether (sulfide) groups is 1. The lowest BCUT2D eigenvalue weighted by atomic mass is 10.1. The lowest BCUT2D eigenvalue weighted by Gasteiger charge is -2.29. The van der Waals surface area contributed by atoms with Gasteiger partial charge in [-0.2, -0.15) is 0 Å². The van der Waals surface area contributed by atoms with Crippen molar-refractivity contribution in [3.8, 4) is 0 Å². The van der Waals surface area contributed by atoms with Crippen LogP contribution < -0.4 is 11.0 Å². The summed E-state index contributed by atoms with van der Waals surface area (Å²) in [6.45, 7) is 5.10. The molecule has 0 atom stereocenters. The van der Waals surface area contributed by atoms with Crippen molar-refractivity contribution < 1.29 is 0 Å². The Hall–Kier alpha value is -1.01. The van der Waals surface area contributed by atoms with E-state index >= 15 is 0 Å². The normalized spacial score (nSPS) is 18.7. The minimum atomic E-state index is 0.179. The summed E-state index contributed by atoms with van der Waals surface area (Å²) in [4.78, 5) is 17.7. The number of nitrogens with one attached hydrogen (secondary N) is 1. The predicted molar refractivity (Wildman–Crippen MR) is 96.1 cm³/mol. The molecule has 1 N–H and O–H groups in total. The molecule has 1 saturated heterocycles. The summed E-state index contributed by atoms with van der Waals surface area (Å²) in [6.07, 6.45) is 9.04. The Morgan fingerprint density at radius 2 is 1.96 bits per heavy atom. The van der Waals surface area contributed by atoms with Gasteiger partial charge in [0, 0.05) is 25.4 Å². The Balaban J connectivity index is 1.87. The Kier molecular flexibility index (Phi) is 6.00. The molecule has 1 aromatic rings. The van der Waals surface area contributed by atoms with Crippen LogP contribution in [0.2, 0.25) is 0 Å². The number of anilines is 1. The molecule has 0 bridgehead atoms. The first-order valence-corrected chi connectivity index (χ1v) is 10.1. The van der Waals surface area contributed by atoms with Crippen molar-refractivity contribution in [3.63, 3.8) is 0 Å². The van der Waals surface area contributed by atoms with Gasteiger partial charge in [-0.25, -0.2) is 9.99 Å². The standard InChI is InChI=1S/C17H28N4OS/c1-2-3-5-9-14-15(19-20-10-6-4-7-11-20)18-17-21(16(14)22)12-8-13-23-17/h19H,2-13H2,1H3. The van der Waals surface area contributed by atoms with Crippen molar-refractivity contribution in [2.45, 2.75) is 70.0 Å². The van der Waals surface area contributed by atoms with Gasteiger partial charge in [-0.1, -0.05) is 37.9 Å². The van der Waals surface area contributed by atoms with Crippen LogP contribution in [0.1, 0.15) is 57.4 Å². The Bertz CT molecular complexity index is 581. The molecule has 5 nitrogen and oxygen atoms in total. The average molecular weight is 337 g/mol. The molecule has 0 unspecified atom stereocenters. The summed E-state index contributed by atoms with van der Waals surface area (Å²) >= 11 is 1.71. The molecular formula is C17H28N4OS. The smallest absolute Gasteiger partial charge is 0.259 e. The highest BCUT2D eigenvalue weighted by Crippen LogP contribution is 2.25. The van der Waals surface area contributed by atoms with E-state index in [-0.39, 0.29) is 5.56 Å². The summed E-state index contributed by atoms with van der Waals surface area (Å²) in [5.74, 6) is 1.87. The number of nitrogens with zero attached hydrogens (tertiary/aromatic N) is 3. The van der Waals surface area contributed by atoms with E-state index in [0.717, 1.165) is 61.2 Å². The second-order valence-electron chi connectivity index (χ2n) is 6.50. The van der Waals surface area contributed by atoms with Gasteiger partial charge >= 0.3 is 0 Å². The Morgan fingerprint density at radius 3 is 2.74 bits per heavy atom. The third kappa shape index (κ3) is 4.10. The van der Waals surface area contributed by atoms with E-state index in [1.165, 1.54) is 32.1 Å². The number of unbranched alkanes of at least 4 members (excludes halogenated alkanes) is 2. The molecule has 1 fully saturated rings. The van der Waals surface area contributed by atoms with Crippen LogP contribution >= 0.6 is 11.8 Å². The monoisotopic (exact) mass is 336 g/mol. The first-order chi connectivity index (χ1) is 11.3. The van der Waals surface area contributed by atoms with E-state index < -0.39 is 0 Å². The SMILES string of the molecule is CCCCCc1c(NN2CCCCC2)nc2n(c1=O)CCCS2. The molecule has 2 aliphatic heterocycles. The number of hydrogen-bond donors (Lipinski definition) is 1. The number of piperidine rings is 1. The Labute approximate surface area is 142 Å². The fourth-order valence-corrected chi connectivity index (χ4v) is 4.23. The minimum absolute atomic E-state index is 0.179. The molecule has 2 aliphatic rings. The maximum absolute atomic E-state index is 12.9. The van der Waals surface area contributed by atoms with Crippen molar-refractivity contribution in [2.75, 3.05) is 24.3 Å². The molecule has 23 heavy (non-hydrogen) atoms. The van der Waals surface area contributed by atoms with Gasteiger partial charge in [-0.05, 0) is 32.1 Å². The van der Waals surface area contributed by atoms with E-state index in [2.05, 4.69) is 17.4 Å². The lowest BCUT2D eigenvalue weighted by Crippen LogP contribution is -2.38. The van der Waals surface area contributed by atoms with E-state index in [1.807, 2.05) is 4.57 Å². The number of hydrogen-bond acceptors (Lipinski definition) is 5. The zero-order chi connectivity index (χ0) is 16.1. The second kappa shape index (κ2) is 8.20. The number of fused-ring (bicyclic) bond motifs is 1. The third-order valence-corrected chi connectivity index (χ3v) is 5.70. The predicted octanol–water partition coefficient (Wildman–Crippen LogP) is 3.28. The molecular weight excluding hydrogens is 308 g/mol. The van der Waals surface area contributed by atoms with E-state index in [9.17, 15) is 4.79 Å². The van der Waals surface area contributed by atoms with Crippen LogP contribution in [0.25, 0.3) is 0 Å². The third-order valence-electron chi connectivity index (χ3n) is 4.64. The van der Waals surface area contributed by atoms with Gasteiger partial charge in [-0.15, -0.1) is 0 Å². The van der Waals surface area contributed by atoms with Crippen LogP contribution in [0.4, 0.5) is 5.82 Å². The van der Waals surface area contributed by atoms with Crippen LogP contribution in [0.5, 0.6) is 0 Å². The fourth-order valence-electron chi connectivity index (χ4n) is 3.29. The molecule has 3 rings (SSSR count). The van der Waals surface area contributed by atoms with Crippen LogP contribution in [0, 0.1) is 0 Å². The quantitative estimate of drug-likeness (QED) is 0.638. The zero-order valence-electron chi connectivity index (χ0n) is 14.1. The van der Waals surface area contributed by atoms with E-state index in [4.69, 9.17) is 4.98 Å². The number of aromatic nitrogens is 2. The van der Waals surface area contributed by atoms with Crippen molar-refractivity contribution >= 4 is 17.6 Å². The summed E-state index contributed by atoms with van der Waals surface area (Å²) in [5.41, 5.74) is 4.53. The average Bonchev–Trinajstić information content (AvgIpc) is 2.59. The highest BCUT2D eigenvalue weighted by Gasteiger charge is 2.21. The lowest BCUT2D eigenvalue weighted by molar-refractivity contribution is 0.271. The maximum Gasteiger partial charge on any atom is 0.259 e. The summed E-state index contributed by atoms with van der Waals surface area (Å²) in [6, 6.07) is 0. The molecule has 3 heterocycles. The van der Waals surface area contributed by atoms with Crippen LogP contribution in [0.3, 0.4) is 0 Å². The second-order valence-corrected chi connectivity index (χ2v) is 7.56. The van der Waals surface area contributed by atoms with E-state index in [1.54, 1.807) is 11.8 Å². The molecule has 0 aliphatic carbocycles. The van der Waals surface area contributed by atoms with Crippen LogP contribution in [-0.4, -0.2) is 33.4 Å². The minimum Gasteiger partial charge on any atom is -0.303 e. The zero-order valence-corrected chi connectivity index (χ0v) is 15.0. The van der Waals surface area contributed by atoms with Gasteiger partial charge in [0.15, 0.2) is 11.0 Å². The molecule has 1 aromatic heterocycles. The van der Waals surface area contributed by atoms with Gasteiger partial charge in [0.1, 0.15) is 0 Å². The van der Waals surface area contributed by atoms with Gasteiger partial charge < -0.3 is 5.43 Å².